The molecule has 1 amide bonds. The number of amides is 1. The summed E-state index contributed by atoms with van der Waals surface area (Å²) in [6.07, 6.45) is 0. The van der Waals surface area contributed by atoms with Crippen molar-refractivity contribution in [1.29, 1.82) is 0 Å². The van der Waals surface area contributed by atoms with E-state index in [1.165, 1.54) is 11.1 Å². The van der Waals surface area contributed by atoms with Gasteiger partial charge in [-0.25, -0.2) is 0 Å². The first-order valence-corrected chi connectivity index (χ1v) is 6.37. The van der Waals surface area contributed by atoms with Crippen LogP contribution in [0.1, 0.15) is 36.1 Å². The average Bonchev–Trinajstić information content (AvgIpc) is 2.30. The van der Waals surface area contributed by atoms with Gasteiger partial charge in [0.25, 0.3) is 0 Å². The molecule has 18 heavy (non-hydrogen) atoms. The average molecular weight is 248 g/mol. The van der Waals surface area contributed by atoms with Crippen LogP contribution in [0, 0.1) is 20.8 Å². The summed E-state index contributed by atoms with van der Waals surface area (Å²) in [6, 6.07) is 4.26. The lowest BCUT2D eigenvalue weighted by molar-refractivity contribution is -0.125. The Morgan fingerprint density at radius 1 is 1.17 bits per heavy atom. The molecule has 1 rings (SSSR count). The molecule has 100 valence electrons. The highest BCUT2D eigenvalue weighted by Gasteiger charge is 2.31. The van der Waals surface area contributed by atoms with Crippen molar-refractivity contribution in [3.05, 3.63) is 34.4 Å². The molecule has 3 heteroatoms. The molecule has 0 unspecified atom stereocenters. The van der Waals surface area contributed by atoms with Gasteiger partial charge in [-0.15, -0.1) is 0 Å². The SMILES string of the molecule is Cc1cc(C)c(C(C)(C)C(=O)NCCN)cc1C. The summed E-state index contributed by atoms with van der Waals surface area (Å²) in [5.74, 6) is 0.0271. The first-order chi connectivity index (χ1) is 8.30. The number of nitrogens with two attached hydrogens (primary N) is 1. The Morgan fingerprint density at radius 3 is 2.28 bits per heavy atom. The molecule has 3 nitrogen and oxygen atoms in total. The number of carbonyl (C=O) groups excluding carboxylic acids is 1. The van der Waals surface area contributed by atoms with Crippen LogP contribution in [0.15, 0.2) is 12.1 Å². The third kappa shape index (κ3) is 2.91. The van der Waals surface area contributed by atoms with Gasteiger partial charge in [0.15, 0.2) is 0 Å². The Bertz CT molecular complexity index is 450. The van der Waals surface area contributed by atoms with Gasteiger partial charge >= 0.3 is 0 Å². The fourth-order valence-corrected chi connectivity index (χ4v) is 2.16. The van der Waals surface area contributed by atoms with Gasteiger partial charge in [0.05, 0.1) is 5.41 Å². The van der Waals surface area contributed by atoms with Crippen molar-refractivity contribution >= 4 is 5.91 Å². The minimum absolute atomic E-state index is 0.0271. The minimum atomic E-state index is -0.530. The van der Waals surface area contributed by atoms with Crippen molar-refractivity contribution in [3.8, 4) is 0 Å². The molecule has 0 aromatic heterocycles. The molecule has 0 heterocycles. The topological polar surface area (TPSA) is 55.1 Å². The summed E-state index contributed by atoms with van der Waals surface area (Å²) < 4.78 is 0. The van der Waals surface area contributed by atoms with Crippen molar-refractivity contribution in [2.45, 2.75) is 40.0 Å². The van der Waals surface area contributed by atoms with Crippen LogP contribution in [0.2, 0.25) is 0 Å². The zero-order valence-electron chi connectivity index (χ0n) is 12.1. The number of benzene rings is 1. The maximum absolute atomic E-state index is 12.2. The highest BCUT2D eigenvalue weighted by atomic mass is 16.2. The summed E-state index contributed by atoms with van der Waals surface area (Å²) in [7, 11) is 0. The summed E-state index contributed by atoms with van der Waals surface area (Å²) in [6.45, 7) is 11.1. The predicted molar refractivity (Wildman–Crippen MR) is 75.7 cm³/mol. The van der Waals surface area contributed by atoms with E-state index in [1.807, 2.05) is 13.8 Å². The van der Waals surface area contributed by atoms with Crippen LogP contribution in [-0.4, -0.2) is 19.0 Å². The molecule has 3 N–H and O–H groups in total. The van der Waals surface area contributed by atoms with Gasteiger partial charge in [-0.3, -0.25) is 4.79 Å². The molecule has 0 fully saturated rings. The lowest BCUT2D eigenvalue weighted by Gasteiger charge is -2.27. The maximum Gasteiger partial charge on any atom is 0.230 e. The van der Waals surface area contributed by atoms with Gasteiger partial charge in [-0.05, 0) is 56.9 Å². The first-order valence-electron chi connectivity index (χ1n) is 6.37. The van der Waals surface area contributed by atoms with E-state index in [1.54, 1.807) is 0 Å². The molecule has 0 aliphatic heterocycles. The predicted octanol–water partition coefficient (Wildman–Crippen LogP) is 1.96. The number of hydrogen-bond donors (Lipinski definition) is 2. The van der Waals surface area contributed by atoms with Crippen LogP contribution in [0.25, 0.3) is 0 Å². The largest absolute Gasteiger partial charge is 0.354 e. The number of hydrogen-bond acceptors (Lipinski definition) is 2. The van der Waals surface area contributed by atoms with Gasteiger partial charge in [0, 0.05) is 13.1 Å². The van der Waals surface area contributed by atoms with E-state index in [-0.39, 0.29) is 5.91 Å². The summed E-state index contributed by atoms with van der Waals surface area (Å²) in [5.41, 5.74) is 9.61. The van der Waals surface area contributed by atoms with Gasteiger partial charge in [0.1, 0.15) is 0 Å². The number of carbonyl (C=O) groups is 1. The van der Waals surface area contributed by atoms with Crippen LogP contribution in [0.5, 0.6) is 0 Å². The minimum Gasteiger partial charge on any atom is -0.354 e. The molecule has 0 aliphatic rings. The highest BCUT2D eigenvalue weighted by molar-refractivity contribution is 5.87. The van der Waals surface area contributed by atoms with E-state index in [9.17, 15) is 4.79 Å². The smallest absolute Gasteiger partial charge is 0.230 e. The fraction of sp³-hybridized carbons (Fsp3) is 0.533. The molecule has 0 atom stereocenters. The van der Waals surface area contributed by atoms with Crippen LogP contribution < -0.4 is 11.1 Å². The zero-order valence-corrected chi connectivity index (χ0v) is 12.1. The standard InChI is InChI=1S/C15H24N2O/c1-10-8-12(3)13(9-11(10)2)15(4,5)14(18)17-7-6-16/h8-9H,6-7,16H2,1-5H3,(H,17,18). The fourth-order valence-electron chi connectivity index (χ4n) is 2.16. The molecule has 0 bridgehead atoms. The zero-order chi connectivity index (χ0) is 13.9. The van der Waals surface area contributed by atoms with Gasteiger partial charge in [0.2, 0.25) is 5.91 Å². The quantitative estimate of drug-likeness (QED) is 0.856. The molecule has 0 saturated carbocycles. The third-order valence-corrected chi connectivity index (χ3v) is 3.51. The second-order valence-electron chi connectivity index (χ2n) is 5.42. The molecule has 0 radical (unpaired) electrons. The maximum atomic E-state index is 12.2. The molecule has 0 saturated heterocycles. The Kier molecular flexibility index (Phi) is 4.52. The Labute approximate surface area is 110 Å². The summed E-state index contributed by atoms with van der Waals surface area (Å²) in [5, 5.41) is 2.87. The van der Waals surface area contributed by atoms with E-state index >= 15 is 0 Å². The van der Waals surface area contributed by atoms with Crippen LogP contribution in [0.3, 0.4) is 0 Å². The normalized spacial score (nSPS) is 11.4. The third-order valence-electron chi connectivity index (χ3n) is 3.51. The van der Waals surface area contributed by atoms with Crippen LogP contribution in [0.4, 0.5) is 0 Å². The number of rotatable bonds is 4. The Hall–Kier alpha value is -1.35. The summed E-state index contributed by atoms with van der Waals surface area (Å²) in [4.78, 5) is 12.2. The van der Waals surface area contributed by atoms with Crippen LogP contribution >= 0.6 is 0 Å². The molecule has 1 aromatic rings. The Morgan fingerprint density at radius 2 is 1.72 bits per heavy atom. The molecular weight excluding hydrogens is 224 g/mol. The van der Waals surface area contributed by atoms with Crippen molar-refractivity contribution in [1.82, 2.24) is 5.32 Å². The van der Waals surface area contributed by atoms with E-state index in [0.717, 1.165) is 11.1 Å². The van der Waals surface area contributed by atoms with Crippen molar-refractivity contribution in [2.24, 2.45) is 5.73 Å². The van der Waals surface area contributed by atoms with Crippen molar-refractivity contribution in [2.75, 3.05) is 13.1 Å². The van der Waals surface area contributed by atoms with Crippen molar-refractivity contribution in [3.63, 3.8) is 0 Å². The van der Waals surface area contributed by atoms with Crippen molar-refractivity contribution < 1.29 is 4.79 Å². The number of aryl methyl sites for hydroxylation is 3. The lowest BCUT2D eigenvalue weighted by Crippen LogP contribution is -2.42. The monoisotopic (exact) mass is 248 g/mol. The van der Waals surface area contributed by atoms with E-state index in [4.69, 9.17) is 5.73 Å². The molecule has 0 aliphatic carbocycles. The van der Waals surface area contributed by atoms with Gasteiger partial charge in [-0.1, -0.05) is 12.1 Å². The lowest BCUT2D eigenvalue weighted by atomic mass is 9.79. The van der Waals surface area contributed by atoms with E-state index in [2.05, 4.69) is 38.2 Å². The highest BCUT2D eigenvalue weighted by Crippen LogP contribution is 2.28. The number of nitrogens with one attached hydrogen (secondary N) is 1. The second-order valence-corrected chi connectivity index (χ2v) is 5.42. The van der Waals surface area contributed by atoms with Gasteiger partial charge < -0.3 is 11.1 Å². The van der Waals surface area contributed by atoms with E-state index < -0.39 is 5.41 Å². The Balaban J connectivity index is 3.11. The first kappa shape index (κ1) is 14.7. The second kappa shape index (κ2) is 5.53. The van der Waals surface area contributed by atoms with E-state index in [0.29, 0.717) is 13.1 Å². The molecule has 1 aromatic carbocycles. The van der Waals surface area contributed by atoms with Gasteiger partial charge in [-0.2, -0.15) is 0 Å². The van der Waals surface area contributed by atoms with Crippen LogP contribution in [-0.2, 0) is 10.2 Å². The molecular formula is C15H24N2O. The molecule has 0 spiro atoms. The summed E-state index contributed by atoms with van der Waals surface area (Å²) >= 11 is 0.